The number of pyridine rings is 4. The van der Waals surface area contributed by atoms with Crippen molar-refractivity contribution in [1.82, 2.24) is 39.5 Å². The summed E-state index contributed by atoms with van der Waals surface area (Å²) in [6.45, 7) is 31.0. The fraction of sp³-hybridized carbons (Fsp3) is 0.445. The van der Waals surface area contributed by atoms with E-state index in [0.29, 0.717) is 61.0 Å². The van der Waals surface area contributed by atoms with Gasteiger partial charge in [0.2, 0.25) is 0 Å². The quantitative estimate of drug-likeness (QED) is 0.0335. The molecule has 0 amide bonds. The zero-order valence-electron chi connectivity index (χ0n) is 84.8. The van der Waals surface area contributed by atoms with Gasteiger partial charge in [-0.15, -0.1) is 6.58 Å². The highest BCUT2D eigenvalue weighted by atomic mass is 32.2. The molecule has 20 nitrogen and oxygen atoms in total. The SMILES string of the molecule is C=Cc1ccc(S(=O)(=O)C[C@@H](c2ccnc3ccc(OC)cc23)[C@@H]2CC3CCN2CC3C=C)cc1.C=Cc1ccc(S(=O)(=O)C[C@@H](c2ccnc3ccc(OC)cc23)[C@@H]2CC3CCN2CC3CC)cc1.CCCc1ccc(S(=O)(=O)C[C@@H](c2ccnc3ccc(OC)cc23)[C@@H]2CC3CCN2CC3CC)cc1.CCCc1ccc(S(=O)(=O)C[C@@H](c2ccnc3ccc(OC)cc23)[C@@H]2CC3CCN2CC3CCC)cc1. The third-order valence-electron chi connectivity index (χ3n) is 33.2. The van der Waals surface area contributed by atoms with Gasteiger partial charge in [-0.05, 0) is 334 Å². The molecule has 8 aromatic carbocycles. The number of sulfone groups is 4. The van der Waals surface area contributed by atoms with Crippen molar-refractivity contribution in [2.45, 2.75) is 205 Å². The Bertz CT molecular complexity index is 6960. The number of benzene rings is 8. The minimum atomic E-state index is -3.53. The van der Waals surface area contributed by atoms with E-state index < -0.39 is 39.3 Å². The van der Waals surface area contributed by atoms with Crippen molar-refractivity contribution in [2.75, 3.05) is 104 Å². The number of aryl methyl sites for hydroxylation is 2. The lowest BCUT2D eigenvalue weighted by molar-refractivity contribution is -0.0105. The van der Waals surface area contributed by atoms with Crippen LogP contribution in [0, 0.1) is 47.3 Å². The number of rotatable bonds is 35. The molecule has 0 saturated carbocycles. The van der Waals surface area contributed by atoms with Crippen molar-refractivity contribution in [2.24, 2.45) is 47.3 Å². The zero-order chi connectivity index (χ0) is 100. The number of aromatic nitrogens is 4. The van der Waals surface area contributed by atoms with Crippen molar-refractivity contribution in [1.29, 1.82) is 0 Å². The van der Waals surface area contributed by atoms with E-state index in [2.05, 4.69) is 100.0 Å². The molecule has 12 unspecified atom stereocenters. The van der Waals surface area contributed by atoms with Crippen LogP contribution >= 0.6 is 0 Å². The van der Waals surface area contributed by atoms with Crippen molar-refractivity contribution >= 4 is 95.1 Å². The molecule has 20 atom stereocenters. The van der Waals surface area contributed by atoms with E-state index >= 15 is 0 Å². The molecular weight excluding hydrogens is 1860 g/mol. The Morgan fingerprint density at radius 3 is 0.846 bits per heavy atom. The van der Waals surface area contributed by atoms with Crippen molar-refractivity contribution in [3.8, 4) is 23.0 Å². The Morgan fingerprint density at radius 1 is 0.336 bits per heavy atom. The Labute approximate surface area is 849 Å². The van der Waals surface area contributed by atoms with Gasteiger partial charge >= 0.3 is 0 Å². The van der Waals surface area contributed by atoms with E-state index in [-0.39, 0.29) is 70.9 Å². The molecule has 0 spiro atoms. The molecule has 0 N–H and O–H groups in total. The third kappa shape index (κ3) is 23.2. The smallest absolute Gasteiger partial charge is 0.179 e. The van der Waals surface area contributed by atoms with E-state index in [9.17, 15) is 33.7 Å². The first kappa shape index (κ1) is 104. The molecule has 12 aromatic rings. The van der Waals surface area contributed by atoms with E-state index in [1.54, 1.807) is 95.3 Å². The molecule has 12 aliphatic heterocycles. The van der Waals surface area contributed by atoms with Gasteiger partial charge in [0.05, 0.1) is 93.1 Å². The Kier molecular flexibility index (Phi) is 33.4. The van der Waals surface area contributed by atoms with Crippen LogP contribution in [0.4, 0.5) is 0 Å². The molecule has 0 radical (unpaired) electrons. The molecule has 12 aliphatic rings. The highest BCUT2D eigenvalue weighted by Crippen LogP contribution is 2.51. The molecule has 0 aliphatic carbocycles. The first-order valence-corrected chi connectivity index (χ1v) is 58.7. The average Bonchev–Trinajstić information content (AvgIpc) is 0.763. The number of nitrogens with zero attached hydrogens (tertiary/aromatic N) is 8. The summed E-state index contributed by atoms with van der Waals surface area (Å²) in [5, 5.41) is 3.92. The lowest BCUT2D eigenvalue weighted by Crippen LogP contribution is -2.56. The summed E-state index contributed by atoms with van der Waals surface area (Å²) >= 11 is 0. The van der Waals surface area contributed by atoms with Crippen LogP contribution in [0.5, 0.6) is 23.0 Å². The van der Waals surface area contributed by atoms with Crippen molar-refractivity contribution in [3.63, 3.8) is 0 Å². The van der Waals surface area contributed by atoms with Crippen LogP contribution in [0.1, 0.15) is 193 Å². The van der Waals surface area contributed by atoms with Crippen LogP contribution < -0.4 is 18.9 Å². The lowest BCUT2D eigenvalue weighted by Gasteiger charge is -2.52. The molecular formula is C119H144N8O12S4. The van der Waals surface area contributed by atoms with Gasteiger partial charge < -0.3 is 18.9 Å². The number of hydrogen-bond acceptors (Lipinski definition) is 20. The maximum Gasteiger partial charge on any atom is 0.179 e. The minimum absolute atomic E-state index is 0.0450. The van der Waals surface area contributed by atoms with Gasteiger partial charge in [0.15, 0.2) is 39.3 Å². The third-order valence-corrected chi connectivity index (χ3v) is 40.4. The number of ether oxygens (including phenoxy) is 4. The van der Waals surface area contributed by atoms with Crippen LogP contribution in [0.2, 0.25) is 0 Å². The van der Waals surface area contributed by atoms with Gasteiger partial charge in [0, 0.05) is 120 Å². The van der Waals surface area contributed by atoms with Gasteiger partial charge in [0.1, 0.15) is 23.0 Å². The van der Waals surface area contributed by atoms with Crippen LogP contribution in [0.25, 0.3) is 55.8 Å². The van der Waals surface area contributed by atoms with Crippen LogP contribution in [0.15, 0.2) is 264 Å². The topological polar surface area (TPSA) is 238 Å². The molecule has 24 rings (SSSR count). The first-order valence-electron chi connectivity index (χ1n) is 52.1. The second-order valence-electron chi connectivity index (χ2n) is 41.2. The van der Waals surface area contributed by atoms with Crippen molar-refractivity contribution < 1.29 is 52.6 Å². The maximum absolute atomic E-state index is 13.9. The molecule has 12 saturated heterocycles. The van der Waals surface area contributed by atoms with E-state index in [4.69, 9.17) is 18.9 Å². The number of methoxy groups -OCH3 is 4. The first-order chi connectivity index (χ1) is 69.2. The average molecular weight is 2010 g/mol. The highest BCUT2D eigenvalue weighted by Gasteiger charge is 2.50. The van der Waals surface area contributed by atoms with Crippen molar-refractivity contribution in [3.05, 3.63) is 289 Å². The van der Waals surface area contributed by atoms with E-state index in [1.807, 2.05) is 164 Å². The minimum Gasteiger partial charge on any atom is -0.497 e. The van der Waals surface area contributed by atoms with Gasteiger partial charge in [0.25, 0.3) is 0 Å². The summed E-state index contributed by atoms with van der Waals surface area (Å²) in [7, 11) is -7.39. The van der Waals surface area contributed by atoms with Crippen LogP contribution in [-0.4, -0.2) is 201 Å². The lowest BCUT2D eigenvalue weighted by atomic mass is 9.70. The summed E-state index contributed by atoms with van der Waals surface area (Å²) in [6, 6.07) is 61.5. The molecule has 4 aromatic heterocycles. The normalized spacial score (nSPS) is 24.6. The second kappa shape index (κ2) is 46.0. The number of piperidine rings is 12. The molecule has 24 heteroatoms. The van der Waals surface area contributed by atoms with Gasteiger partial charge in [-0.25, -0.2) is 33.7 Å². The van der Waals surface area contributed by atoms with Gasteiger partial charge in [-0.2, -0.15) is 0 Å². The summed E-state index contributed by atoms with van der Waals surface area (Å²) in [5.41, 5.74) is 11.8. The molecule has 143 heavy (non-hydrogen) atoms. The molecule has 16 heterocycles. The van der Waals surface area contributed by atoms with Crippen LogP contribution in [-0.2, 0) is 52.2 Å². The van der Waals surface area contributed by atoms with Crippen LogP contribution in [0.3, 0.4) is 0 Å². The predicted molar refractivity (Wildman–Crippen MR) is 578 cm³/mol. The molecule has 8 bridgehead atoms. The Balaban J connectivity index is 0.000000131. The highest BCUT2D eigenvalue weighted by molar-refractivity contribution is 7.92. The molecule has 756 valence electrons. The Morgan fingerprint density at radius 2 is 0.608 bits per heavy atom. The number of fused-ring (bicyclic) bond motifs is 16. The van der Waals surface area contributed by atoms with Gasteiger partial charge in [-0.3, -0.25) is 39.5 Å². The zero-order valence-corrected chi connectivity index (χ0v) is 88.1. The standard InChI is InChI=1S/C31H40N2O3S.C30H38N2O3S.C29H34N2O3S.C29H32N2O3S/c1-4-6-22-8-11-26(12-9-22)37(34,35)21-29(31-18-23-15-17-33(31)20-24(23)7-5-2)27-14-16-32-30-13-10-25(36-3)19-28(27)30;1-4-6-21-7-10-25(11-8-21)36(33,34)20-28(30-17-23-14-16-32(30)19-22(23)5-2)26-13-15-31-29-12-9-24(35-3)18-27(26)29;2*1-4-20-6-9-24(10-7-20)35(32,33)19-27(29-16-22-13-15-31(29)18-21(22)5-2)25-12-14-30-28-11-8-23(34-3)17-26(25)28/h8-14,16,19,23-24,29,31H,4-7,15,17-18,20-21H2,1-3H3;7-13,15,18,22-23,28,30H,4-6,14,16-17,19-20H2,1-3H3;4,6-12,14,17,21-22,27,29H,1,5,13,15-16,18-19H2,2-3H3;4-12,14,17,21-22,27,29H,1-2,13,15-16,18-19H2,3H3/t23?,24?,29-,31-;22?,23?,28-,30-;2*21?,22?,27-,29-/m0000/s1. The fourth-order valence-corrected chi connectivity index (χ4v) is 32.0. The van der Waals surface area contributed by atoms with E-state index in [1.165, 1.54) is 56.1 Å². The predicted octanol–water partition coefficient (Wildman–Crippen LogP) is 23.0. The summed E-state index contributed by atoms with van der Waals surface area (Å²) < 4.78 is 133. The fourth-order valence-electron chi connectivity index (χ4n) is 25.5. The summed E-state index contributed by atoms with van der Waals surface area (Å²) in [5.74, 6) is 7.90. The summed E-state index contributed by atoms with van der Waals surface area (Å²) in [4.78, 5) is 30.1. The van der Waals surface area contributed by atoms with E-state index in [0.717, 1.165) is 216 Å². The molecule has 12 fully saturated rings. The monoisotopic (exact) mass is 2000 g/mol. The maximum atomic E-state index is 13.9. The largest absolute Gasteiger partial charge is 0.497 e. The Hall–Kier alpha value is -10.5. The second-order valence-corrected chi connectivity index (χ2v) is 49.3. The van der Waals surface area contributed by atoms with Gasteiger partial charge in [-0.1, -0.05) is 147 Å². The number of hydrogen-bond donors (Lipinski definition) is 0. The summed E-state index contributed by atoms with van der Waals surface area (Å²) in [6.07, 6.45) is 30.6.